The predicted octanol–water partition coefficient (Wildman–Crippen LogP) is 1.74. The van der Waals surface area contributed by atoms with E-state index in [9.17, 15) is 13.6 Å². The molecule has 6 heteroatoms. The first kappa shape index (κ1) is 13.1. The average molecular weight is 240 g/mol. The summed E-state index contributed by atoms with van der Waals surface area (Å²) in [5, 5.41) is 8.83. The Bertz CT molecular complexity index is 481. The molecule has 90 valence electrons. The highest BCUT2D eigenvalue weighted by Crippen LogP contribution is 2.27. The van der Waals surface area contributed by atoms with Gasteiger partial charge in [0.1, 0.15) is 0 Å². The van der Waals surface area contributed by atoms with Crippen molar-refractivity contribution >= 4 is 5.97 Å². The van der Waals surface area contributed by atoms with Crippen LogP contribution >= 0.6 is 0 Å². The largest absolute Gasteiger partial charge is 0.465 e. The highest BCUT2D eigenvalue weighted by Gasteiger charge is 2.19. The number of benzene rings is 1. The van der Waals surface area contributed by atoms with Gasteiger partial charge in [-0.25, -0.2) is 13.6 Å². The molecule has 0 spiro atoms. The van der Waals surface area contributed by atoms with Gasteiger partial charge >= 0.3 is 5.97 Å². The zero-order chi connectivity index (χ0) is 13.0. The van der Waals surface area contributed by atoms with E-state index in [1.807, 2.05) is 0 Å². The van der Waals surface area contributed by atoms with Crippen molar-refractivity contribution in [2.45, 2.75) is 13.0 Å². The minimum Gasteiger partial charge on any atom is -0.465 e. The molecule has 1 aromatic rings. The molecule has 0 saturated heterocycles. The van der Waals surface area contributed by atoms with Crippen LogP contribution in [0.5, 0.6) is 0 Å². The zero-order valence-electron chi connectivity index (χ0n) is 9.04. The van der Waals surface area contributed by atoms with E-state index in [-0.39, 0.29) is 23.2 Å². The van der Waals surface area contributed by atoms with E-state index in [0.717, 1.165) is 13.2 Å². The van der Waals surface area contributed by atoms with Crippen LogP contribution in [0.1, 0.15) is 33.5 Å². The molecule has 0 aliphatic carbocycles. The first-order valence-electron chi connectivity index (χ1n) is 4.68. The number of rotatable bonds is 3. The lowest BCUT2D eigenvalue weighted by Gasteiger charge is -2.11. The molecule has 1 rings (SSSR count). The summed E-state index contributed by atoms with van der Waals surface area (Å²) < 4.78 is 29.9. The Morgan fingerprint density at radius 3 is 2.65 bits per heavy atom. The number of hydrogen-bond donors (Lipinski definition) is 1. The Hall–Kier alpha value is -2.00. The molecule has 0 aliphatic heterocycles. The summed E-state index contributed by atoms with van der Waals surface area (Å²) >= 11 is 0. The van der Waals surface area contributed by atoms with Crippen LogP contribution in [0.3, 0.4) is 0 Å². The molecule has 0 saturated carbocycles. The normalized spacial score (nSPS) is 10.1. The third-order valence-corrected chi connectivity index (χ3v) is 2.27. The number of nitrogens with zero attached hydrogens (tertiary/aromatic N) is 1. The second kappa shape index (κ2) is 5.37. The van der Waals surface area contributed by atoms with Crippen molar-refractivity contribution in [3.8, 4) is 6.07 Å². The summed E-state index contributed by atoms with van der Waals surface area (Å²) in [4.78, 5) is 11.2. The fraction of sp³-hybridized carbons (Fsp3) is 0.273. The predicted molar refractivity (Wildman–Crippen MR) is 55.3 cm³/mol. The minimum absolute atomic E-state index is 0.0364. The first-order valence-corrected chi connectivity index (χ1v) is 4.68. The highest BCUT2D eigenvalue weighted by atomic mass is 19.3. The maximum atomic E-state index is 12.8. The summed E-state index contributed by atoms with van der Waals surface area (Å²) in [7, 11) is 1.13. The summed E-state index contributed by atoms with van der Waals surface area (Å²) in [6, 6.07) is 3.93. The van der Waals surface area contributed by atoms with E-state index in [1.165, 1.54) is 6.07 Å². The number of methoxy groups -OCH3 is 1. The highest BCUT2D eigenvalue weighted by molar-refractivity contribution is 5.90. The van der Waals surface area contributed by atoms with E-state index < -0.39 is 18.0 Å². The van der Waals surface area contributed by atoms with Crippen LogP contribution in [0.15, 0.2) is 12.1 Å². The molecular weight excluding hydrogens is 230 g/mol. The van der Waals surface area contributed by atoms with Crippen molar-refractivity contribution in [2.24, 2.45) is 5.73 Å². The van der Waals surface area contributed by atoms with E-state index >= 15 is 0 Å². The molecule has 0 unspecified atom stereocenters. The van der Waals surface area contributed by atoms with Crippen molar-refractivity contribution < 1.29 is 18.3 Å². The number of hydrogen-bond acceptors (Lipinski definition) is 4. The van der Waals surface area contributed by atoms with Gasteiger partial charge in [0.15, 0.2) is 0 Å². The van der Waals surface area contributed by atoms with Crippen molar-refractivity contribution in [2.75, 3.05) is 7.11 Å². The van der Waals surface area contributed by atoms with Crippen molar-refractivity contribution in [3.63, 3.8) is 0 Å². The number of alkyl halides is 2. The van der Waals surface area contributed by atoms with Crippen molar-refractivity contribution in [3.05, 3.63) is 34.4 Å². The molecular formula is C11H10F2N2O2. The quantitative estimate of drug-likeness (QED) is 0.816. The Morgan fingerprint density at radius 1 is 1.59 bits per heavy atom. The first-order chi connectivity index (χ1) is 8.04. The maximum Gasteiger partial charge on any atom is 0.337 e. The number of esters is 1. The molecule has 0 bridgehead atoms. The number of carbonyl (C=O) groups excluding carboxylic acids is 1. The van der Waals surface area contributed by atoms with E-state index in [2.05, 4.69) is 4.74 Å². The monoisotopic (exact) mass is 240 g/mol. The standard InChI is InChI=1S/C11H10F2N2O2/c1-17-11(16)6-2-7(4-14)9(5-15)8(3-6)10(12)13/h2-3,10H,5,15H2,1H3. The number of halogens is 2. The van der Waals surface area contributed by atoms with Gasteiger partial charge in [0.05, 0.1) is 24.3 Å². The Morgan fingerprint density at radius 2 is 2.24 bits per heavy atom. The number of ether oxygens (including phenoxy) is 1. The molecule has 0 heterocycles. The summed E-state index contributed by atoms with van der Waals surface area (Å²) in [6.45, 7) is -0.190. The lowest BCUT2D eigenvalue weighted by atomic mass is 9.98. The van der Waals surface area contributed by atoms with Gasteiger partial charge in [-0.3, -0.25) is 0 Å². The molecule has 2 N–H and O–H groups in total. The van der Waals surface area contributed by atoms with E-state index in [1.54, 1.807) is 6.07 Å². The zero-order valence-corrected chi connectivity index (χ0v) is 9.04. The van der Waals surface area contributed by atoms with Gasteiger partial charge in [-0.1, -0.05) is 0 Å². The Balaban J connectivity index is 3.47. The van der Waals surface area contributed by atoms with Gasteiger partial charge in [0.2, 0.25) is 0 Å². The summed E-state index contributed by atoms with van der Waals surface area (Å²) in [5.74, 6) is -0.771. The topological polar surface area (TPSA) is 76.1 Å². The molecule has 0 amide bonds. The average Bonchev–Trinajstić information content (AvgIpc) is 2.35. The summed E-state index contributed by atoms with van der Waals surface area (Å²) in [5.41, 5.74) is 4.84. The third kappa shape index (κ3) is 2.57. The molecule has 0 aliphatic rings. The van der Waals surface area contributed by atoms with Gasteiger partial charge in [-0.05, 0) is 17.7 Å². The van der Waals surface area contributed by atoms with Gasteiger partial charge in [-0.15, -0.1) is 0 Å². The van der Waals surface area contributed by atoms with Crippen LogP contribution in [0, 0.1) is 11.3 Å². The number of nitriles is 1. The Labute approximate surface area is 96.6 Å². The molecule has 1 aromatic carbocycles. The van der Waals surface area contributed by atoms with E-state index in [4.69, 9.17) is 11.0 Å². The number of nitrogens with two attached hydrogens (primary N) is 1. The van der Waals surface area contributed by atoms with Crippen molar-refractivity contribution in [1.82, 2.24) is 0 Å². The fourth-order valence-corrected chi connectivity index (χ4v) is 1.45. The van der Waals surface area contributed by atoms with Crippen molar-refractivity contribution in [1.29, 1.82) is 5.26 Å². The lowest BCUT2D eigenvalue weighted by molar-refractivity contribution is 0.0600. The second-order valence-electron chi connectivity index (χ2n) is 3.20. The number of carbonyl (C=O) groups is 1. The van der Waals surface area contributed by atoms with Crippen LogP contribution < -0.4 is 5.73 Å². The smallest absolute Gasteiger partial charge is 0.337 e. The molecule has 0 radical (unpaired) electrons. The van der Waals surface area contributed by atoms with Gasteiger partial charge in [0.25, 0.3) is 6.43 Å². The van der Waals surface area contributed by atoms with E-state index in [0.29, 0.717) is 0 Å². The second-order valence-corrected chi connectivity index (χ2v) is 3.20. The third-order valence-electron chi connectivity index (χ3n) is 2.27. The molecule has 17 heavy (non-hydrogen) atoms. The molecule has 0 aromatic heterocycles. The lowest BCUT2D eigenvalue weighted by Crippen LogP contribution is -2.09. The summed E-state index contributed by atoms with van der Waals surface area (Å²) in [6.07, 6.45) is -2.80. The Kier molecular flexibility index (Phi) is 4.12. The maximum absolute atomic E-state index is 12.8. The molecule has 4 nitrogen and oxygen atoms in total. The van der Waals surface area contributed by atoms with Crippen LogP contribution in [0.4, 0.5) is 8.78 Å². The van der Waals surface area contributed by atoms with Crippen LogP contribution in [0.2, 0.25) is 0 Å². The van der Waals surface area contributed by atoms with Crippen LogP contribution in [0.25, 0.3) is 0 Å². The van der Waals surface area contributed by atoms with Crippen LogP contribution in [-0.4, -0.2) is 13.1 Å². The van der Waals surface area contributed by atoms with Gasteiger partial charge in [0, 0.05) is 12.1 Å². The molecule has 0 atom stereocenters. The molecule has 0 fully saturated rings. The SMILES string of the molecule is COC(=O)c1cc(C#N)c(CN)c(C(F)F)c1. The van der Waals surface area contributed by atoms with Gasteiger partial charge < -0.3 is 10.5 Å². The van der Waals surface area contributed by atoms with Crippen LogP contribution in [-0.2, 0) is 11.3 Å². The van der Waals surface area contributed by atoms with Gasteiger partial charge in [-0.2, -0.15) is 5.26 Å². The fourth-order valence-electron chi connectivity index (χ4n) is 1.45. The minimum atomic E-state index is -2.80.